The van der Waals surface area contributed by atoms with Crippen LogP contribution < -0.4 is 0 Å². The van der Waals surface area contributed by atoms with Crippen LogP contribution in [-0.2, 0) is 9.59 Å². The van der Waals surface area contributed by atoms with E-state index in [9.17, 15) is 19.8 Å². The number of carboxylic acid groups (broad SMARTS) is 1. The molecule has 130 valence electrons. The van der Waals surface area contributed by atoms with E-state index in [1.165, 1.54) is 28.0 Å². The Hall–Kier alpha value is -1.97. The van der Waals surface area contributed by atoms with E-state index in [0.717, 1.165) is 4.70 Å². The van der Waals surface area contributed by atoms with Crippen LogP contribution in [0.3, 0.4) is 0 Å². The van der Waals surface area contributed by atoms with E-state index >= 15 is 0 Å². The normalized spacial score (nSPS) is 26.8. The summed E-state index contributed by atoms with van der Waals surface area (Å²) in [6, 6.07) is 3.43. The van der Waals surface area contributed by atoms with Gasteiger partial charge >= 0.3 is 5.97 Å². The number of fused-ring (bicyclic) bond motifs is 2. The maximum absolute atomic E-state index is 12.3. The monoisotopic (exact) mass is 377 g/mol. The molecule has 2 N–H and O–H groups in total. The zero-order chi connectivity index (χ0) is 17.9. The quantitative estimate of drug-likeness (QED) is 0.785. The third kappa shape index (κ3) is 2.37. The van der Waals surface area contributed by atoms with E-state index in [1.807, 2.05) is 19.1 Å². The highest BCUT2D eigenvalue weighted by Gasteiger charge is 2.60. The van der Waals surface area contributed by atoms with Gasteiger partial charge in [0.25, 0.3) is 0 Å². The fourth-order valence-corrected chi connectivity index (χ4v) is 5.83. The van der Waals surface area contributed by atoms with Crippen molar-refractivity contribution in [3.8, 4) is 0 Å². The first-order valence-electron chi connectivity index (χ1n) is 7.78. The Labute approximate surface area is 151 Å². The Morgan fingerprint density at radius 1 is 1.48 bits per heavy atom. The molecule has 0 radical (unpaired) electrons. The molecule has 1 fully saturated rings. The highest BCUT2D eigenvalue weighted by atomic mass is 32.2. The Balaban J connectivity index is 1.72. The van der Waals surface area contributed by atoms with Crippen LogP contribution in [0.15, 0.2) is 33.3 Å². The third-order valence-corrected chi connectivity index (χ3v) is 7.01. The van der Waals surface area contributed by atoms with Crippen LogP contribution in [0.1, 0.15) is 13.8 Å². The molecule has 0 aromatic carbocycles. The van der Waals surface area contributed by atoms with Crippen molar-refractivity contribution in [1.29, 1.82) is 0 Å². The number of aliphatic carboxylic acids is 1. The number of aliphatic hydroxyl groups is 1. The van der Waals surface area contributed by atoms with Crippen molar-refractivity contribution < 1.29 is 19.8 Å². The minimum absolute atomic E-state index is 0.0108. The molecule has 4 atom stereocenters. The van der Waals surface area contributed by atoms with Crippen molar-refractivity contribution in [2.24, 2.45) is 11.8 Å². The van der Waals surface area contributed by atoms with Gasteiger partial charge < -0.3 is 15.1 Å². The molecule has 1 amide bonds. The molecule has 0 spiro atoms. The van der Waals surface area contributed by atoms with Gasteiger partial charge in [-0.3, -0.25) is 4.79 Å². The molecule has 2 aromatic rings. The first-order valence-corrected chi connectivity index (χ1v) is 9.41. The van der Waals surface area contributed by atoms with Crippen molar-refractivity contribution in [2.75, 3.05) is 0 Å². The topological polar surface area (TPSA) is 104 Å². The van der Waals surface area contributed by atoms with Gasteiger partial charge in [0, 0.05) is 17.0 Å². The predicted molar refractivity (Wildman–Crippen MR) is 92.9 cm³/mol. The van der Waals surface area contributed by atoms with Crippen LogP contribution in [0.25, 0.3) is 10.3 Å². The molecule has 2 aromatic heterocycles. The third-order valence-electron chi connectivity index (χ3n) is 4.65. The molecule has 2 aliphatic heterocycles. The Kier molecular flexibility index (Phi) is 3.82. The van der Waals surface area contributed by atoms with Gasteiger partial charge in [0.1, 0.15) is 5.70 Å². The van der Waals surface area contributed by atoms with E-state index in [0.29, 0.717) is 14.9 Å². The largest absolute Gasteiger partial charge is 0.477 e. The molecule has 25 heavy (non-hydrogen) atoms. The second-order valence-corrected chi connectivity index (χ2v) is 8.50. The second kappa shape index (κ2) is 5.79. The molecule has 2 aliphatic rings. The van der Waals surface area contributed by atoms with Gasteiger partial charge in [-0.25, -0.2) is 14.8 Å². The van der Waals surface area contributed by atoms with Crippen LogP contribution in [0.2, 0.25) is 0 Å². The molecule has 0 saturated carbocycles. The fraction of sp³-hybridized carbons (Fsp3) is 0.375. The number of hydrogen-bond donors (Lipinski definition) is 2. The molecule has 4 unspecified atom stereocenters. The zero-order valence-corrected chi connectivity index (χ0v) is 15.0. The van der Waals surface area contributed by atoms with Gasteiger partial charge in [0.2, 0.25) is 5.91 Å². The van der Waals surface area contributed by atoms with Crippen molar-refractivity contribution in [1.82, 2.24) is 14.9 Å². The van der Waals surface area contributed by atoms with Gasteiger partial charge in [-0.1, -0.05) is 18.7 Å². The van der Waals surface area contributed by atoms with E-state index in [2.05, 4.69) is 9.97 Å². The highest BCUT2D eigenvalue weighted by molar-refractivity contribution is 8.04. The molecule has 0 aliphatic carbocycles. The van der Waals surface area contributed by atoms with Crippen LogP contribution in [0.5, 0.6) is 0 Å². The number of carbonyl (C=O) groups is 2. The molecule has 7 nitrogen and oxygen atoms in total. The average Bonchev–Trinajstić information content (AvgIpc) is 3.05. The Morgan fingerprint density at radius 3 is 2.88 bits per heavy atom. The summed E-state index contributed by atoms with van der Waals surface area (Å²) < 4.78 is 1.62. The molecule has 4 rings (SSSR count). The van der Waals surface area contributed by atoms with Crippen molar-refractivity contribution in [2.45, 2.75) is 30.3 Å². The van der Waals surface area contributed by atoms with Gasteiger partial charge in [-0.2, -0.15) is 0 Å². The number of thioether (sulfide) groups is 1. The van der Waals surface area contributed by atoms with Crippen LogP contribution in [-0.4, -0.2) is 49.1 Å². The number of thiazole rings is 1. The van der Waals surface area contributed by atoms with E-state index < -0.39 is 18.0 Å². The maximum atomic E-state index is 12.3. The standard InChI is InChI=1S/C16H15N3O4S2/c1-6-10-9(7(2)20)14(21)19(10)11(15(22)23)12(6)25-16-18-13-8(24-16)4-3-5-17-13/h3-7,9-10,20H,1-2H3,(H,22,23). The second-order valence-electron chi connectivity index (χ2n) is 6.18. The molecule has 1 saturated heterocycles. The van der Waals surface area contributed by atoms with Crippen molar-refractivity contribution in [3.63, 3.8) is 0 Å². The number of carbonyl (C=O) groups excluding carboxylic acids is 1. The summed E-state index contributed by atoms with van der Waals surface area (Å²) in [4.78, 5) is 34.7. The summed E-state index contributed by atoms with van der Waals surface area (Å²) >= 11 is 2.72. The number of amides is 1. The van der Waals surface area contributed by atoms with Crippen LogP contribution in [0.4, 0.5) is 0 Å². The highest BCUT2D eigenvalue weighted by Crippen LogP contribution is 2.52. The van der Waals surface area contributed by atoms with Crippen molar-refractivity contribution >= 4 is 45.3 Å². The SMILES string of the molecule is CC(O)C1C(=O)N2C(C(=O)O)=C(Sc3nc4ncccc4s3)C(C)C12. The number of carboxylic acids is 1. The smallest absolute Gasteiger partial charge is 0.353 e. The number of β-lactam (4-membered cyclic amide) rings is 1. The average molecular weight is 377 g/mol. The number of nitrogens with zero attached hydrogens (tertiary/aromatic N) is 3. The van der Waals surface area contributed by atoms with Gasteiger partial charge in [-0.05, 0) is 19.1 Å². The summed E-state index contributed by atoms with van der Waals surface area (Å²) in [7, 11) is 0. The van der Waals surface area contributed by atoms with Crippen LogP contribution in [0, 0.1) is 11.8 Å². The van der Waals surface area contributed by atoms with Crippen LogP contribution >= 0.6 is 23.1 Å². The number of rotatable bonds is 4. The molecular weight excluding hydrogens is 362 g/mol. The summed E-state index contributed by atoms with van der Waals surface area (Å²) in [6.45, 7) is 3.46. The predicted octanol–water partition coefficient (Wildman–Crippen LogP) is 1.94. The van der Waals surface area contributed by atoms with Gasteiger partial charge in [0.05, 0.1) is 22.8 Å². The first kappa shape index (κ1) is 16.5. The van der Waals surface area contributed by atoms with Crippen molar-refractivity contribution in [3.05, 3.63) is 28.9 Å². The Bertz CT molecular complexity index is 890. The minimum Gasteiger partial charge on any atom is -0.477 e. The number of aromatic nitrogens is 2. The summed E-state index contributed by atoms with van der Waals surface area (Å²) in [5.41, 5.74) is 0.635. The number of pyridine rings is 1. The number of aliphatic hydroxyl groups excluding tert-OH is 1. The first-order chi connectivity index (χ1) is 11.9. The lowest BCUT2D eigenvalue weighted by atomic mass is 9.79. The zero-order valence-electron chi connectivity index (χ0n) is 13.4. The van der Waals surface area contributed by atoms with Gasteiger partial charge in [-0.15, -0.1) is 11.3 Å². The summed E-state index contributed by atoms with van der Waals surface area (Å²) in [6.07, 6.45) is 0.858. The van der Waals surface area contributed by atoms with E-state index in [1.54, 1.807) is 13.1 Å². The van der Waals surface area contributed by atoms with Gasteiger partial charge in [0.15, 0.2) is 9.99 Å². The van der Waals surface area contributed by atoms with E-state index in [4.69, 9.17) is 0 Å². The lowest BCUT2D eigenvalue weighted by molar-refractivity contribution is -0.163. The minimum atomic E-state index is -1.13. The summed E-state index contributed by atoms with van der Waals surface area (Å²) in [5.74, 6) is -2.19. The Morgan fingerprint density at radius 2 is 2.24 bits per heavy atom. The summed E-state index contributed by atoms with van der Waals surface area (Å²) in [5, 5.41) is 19.5. The lowest BCUT2D eigenvalue weighted by Crippen LogP contribution is -2.63. The van der Waals surface area contributed by atoms with E-state index in [-0.39, 0.29) is 23.6 Å². The fourth-order valence-electron chi connectivity index (χ4n) is 3.54. The molecule has 9 heteroatoms. The molecule has 0 bridgehead atoms. The maximum Gasteiger partial charge on any atom is 0.353 e. The lowest BCUT2D eigenvalue weighted by Gasteiger charge is -2.46. The number of hydrogen-bond acceptors (Lipinski definition) is 7. The molecular formula is C16H15N3O4S2. The molecule has 4 heterocycles.